The highest BCUT2D eigenvalue weighted by Gasteiger charge is 2.40. The van der Waals surface area contributed by atoms with Gasteiger partial charge >= 0.3 is 0 Å². The average molecular weight is 430 g/mol. The van der Waals surface area contributed by atoms with Crippen LogP contribution in [-0.2, 0) is 6.42 Å². The standard InChI is InChI=1S/C27H35N5/c1-2-19-4-6-22-25(12-19)31-24(20-5-7-23(30-16-20)21-14-29-15-21)13-26(22)32-11-9-27(18-32)8-3-10-28-17-27/h4-7,12-13,16,21,24,28-29,31H,2-3,8-11,14-15,17-18H2,1H3. The second-order valence-electron chi connectivity index (χ2n) is 10.2. The van der Waals surface area contributed by atoms with Crippen molar-refractivity contribution in [3.05, 3.63) is 65.0 Å². The monoisotopic (exact) mass is 429 g/mol. The number of anilines is 1. The topological polar surface area (TPSA) is 52.2 Å². The predicted octanol–water partition coefficient (Wildman–Crippen LogP) is 3.91. The molecule has 3 fully saturated rings. The number of hydrogen-bond acceptors (Lipinski definition) is 5. The molecular weight excluding hydrogens is 394 g/mol. The molecule has 2 atom stereocenters. The Hall–Kier alpha value is -2.37. The Kier molecular flexibility index (Phi) is 5.19. The number of rotatable bonds is 4. The zero-order valence-corrected chi connectivity index (χ0v) is 19.2. The minimum absolute atomic E-state index is 0.159. The molecule has 168 valence electrons. The minimum Gasteiger partial charge on any atom is -0.374 e. The molecule has 0 bridgehead atoms. The quantitative estimate of drug-likeness (QED) is 0.688. The molecule has 4 aliphatic rings. The van der Waals surface area contributed by atoms with Gasteiger partial charge in [0.15, 0.2) is 0 Å². The van der Waals surface area contributed by atoms with E-state index in [0.717, 1.165) is 26.1 Å². The van der Waals surface area contributed by atoms with Crippen LogP contribution >= 0.6 is 0 Å². The highest BCUT2D eigenvalue weighted by atomic mass is 15.2. The fourth-order valence-electron chi connectivity index (χ4n) is 5.93. The van der Waals surface area contributed by atoms with Gasteiger partial charge in [-0.1, -0.05) is 25.1 Å². The van der Waals surface area contributed by atoms with E-state index in [2.05, 4.69) is 70.4 Å². The third-order valence-corrected chi connectivity index (χ3v) is 8.11. The molecule has 5 nitrogen and oxygen atoms in total. The van der Waals surface area contributed by atoms with E-state index in [-0.39, 0.29) is 6.04 Å². The number of likely N-dealkylation sites (tertiary alicyclic amines) is 1. The van der Waals surface area contributed by atoms with Crippen LogP contribution in [-0.4, -0.2) is 49.2 Å². The van der Waals surface area contributed by atoms with Crippen LogP contribution in [0, 0.1) is 5.41 Å². The summed E-state index contributed by atoms with van der Waals surface area (Å²) in [6, 6.07) is 11.6. The fraction of sp³-hybridized carbons (Fsp3) is 0.519. The lowest BCUT2D eigenvalue weighted by molar-refractivity contribution is 0.221. The van der Waals surface area contributed by atoms with Crippen molar-refractivity contribution in [2.24, 2.45) is 5.41 Å². The van der Waals surface area contributed by atoms with Crippen LogP contribution in [0.1, 0.15) is 60.5 Å². The normalized spacial score (nSPS) is 27.6. The van der Waals surface area contributed by atoms with Crippen LogP contribution < -0.4 is 16.0 Å². The van der Waals surface area contributed by atoms with Crippen molar-refractivity contribution >= 4 is 11.4 Å². The predicted molar refractivity (Wildman–Crippen MR) is 131 cm³/mol. The van der Waals surface area contributed by atoms with E-state index in [1.165, 1.54) is 72.7 Å². The van der Waals surface area contributed by atoms with Gasteiger partial charge in [-0.3, -0.25) is 4.98 Å². The molecule has 3 N–H and O–H groups in total. The van der Waals surface area contributed by atoms with E-state index in [4.69, 9.17) is 4.98 Å². The van der Waals surface area contributed by atoms with Crippen molar-refractivity contribution in [1.82, 2.24) is 20.5 Å². The third-order valence-electron chi connectivity index (χ3n) is 8.11. The van der Waals surface area contributed by atoms with E-state index in [9.17, 15) is 0 Å². The molecule has 32 heavy (non-hydrogen) atoms. The molecule has 3 saturated heterocycles. The summed E-state index contributed by atoms with van der Waals surface area (Å²) in [5, 5.41) is 10.8. The number of piperidine rings is 1. The molecular formula is C27H35N5. The number of benzene rings is 1. The summed E-state index contributed by atoms with van der Waals surface area (Å²) < 4.78 is 0. The van der Waals surface area contributed by atoms with Gasteiger partial charge in [0, 0.05) is 72.9 Å². The molecule has 1 aromatic heterocycles. The SMILES string of the molecule is CCc1ccc2c(c1)NC(c1ccc(C3CNC3)nc1)C=C2N1CCC2(CCCNC2)C1. The molecule has 2 aromatic rings. The number of hydrogen-bond donors (Lipinski definition) is 3. The minimum atomic E-state index is 0.159. The number of aryl methyl sites for hydroxylation is 1. The lowest BCUT2D eigenvalue weighted by Crippen LogP contribution is -2.41. The smallest absolute Gasteiger partial charge is 0.0736 e. The molecule has 4 aliphatic heterocycles. The van der Waals surface area contributed by atoms with Crippen molar-refractivity contribution in [2.45, 2.75) is 44.6 Å². The van der Waals surface area contributed by atoms with Crippen LogP contribution in [0.15, 0.2) is 42.6 Å². The van der Waals surface area contributed by atoms with Gasteiger partial charge in [0.2, 0.25) is 0 Å². The summed E-state index contributed by atoms with van der Waals surface area (Å²) >= 11 is 0. The Morgan fingerprint density at radius 2 is 2.06 bits per heavy atom. The van der Waals surface area contributed by atoms with E-state index < -0.39 is 0 Å². The van der Waals surface area contributed by atoms with Gasteiger partial charge in [-0.05, 0) is 61.6 Å². The van der Waals surface area contributed by atoms with E-state index in [0.29, 0.717) is 11.3 Å². The summed E-state index contributed by atoms with van der Waals surface area (Å²) in [7, 11) is 0. The molecule has 5 heteroatoms. The highest BCUT2D eigenvalue weighted by molar-refractivity contribution is 5.80. The van der Waals surface area contributed by atoms with Gasteiger partial charge in [-0.15, -0.1) is 0 Å². The molecule has 0 aliphatic carbocycles. The molecule has 6 rings (SSSR count). The van der Waals surface area contributed by atoms with Crippen LogP contribution in [0.5, 0.6) is 0 Å². The van der Waals surface area contributed by atoms with Crippen LogP contribution in [0.25, 0.3) is 5.70 Å². The van der Waals surface area contributed by atoms with Crippen molar-refractivity contribution in [3.8, 4) is 0 Å². The van der Waals surface area contributed by atoms with Crippen molar-refractivity contribution < 1.29 is 0 Å². The Morgan fingerprint density at radius 3 is 2.78 bits per heavy atom. The zero-order chi connectivity index (χ0) is 21.5. The first kappa shape index (κ1) is 20.3. The summed E-state index contributed by atoms with van der Waals surface area (Å²) in [6.07, 6.45) is 9.55. The molecule has 1 spiro atoms. The number of nitrogens with one attached hydrogen (secondary N) is 3. The van der Waals surface area contributed by atoms with Gasteiger partial charge in [-0.2, -0.15) is 0 Å². The largest absolute Gasteiger partial charge is 0.374 e. The van der Waals surface area contributed by atoms with E-state index >= 15 is 0 Å². The first-order chi connectivity index (χ1) is 15.7. The Labute approximate surface area is 191 Å². The Morgan fingerprint density at radius 1 is 1.12 bits per heavy atom. The van der Waals surface area contributed by atoms with Crippen molar-refractivity contribution in [2.75, 3.05) is 44.6 Å². The first-order valence-electron chi connectivity index (χ1n) is 12.5. The Balaban J connectivity index is 1.32. The second kappa shape index (κ2) is 8.20. The molecule has 2 unspecified atom stereocenters. The maximum absolute atomic E-state index is 4.83. The lowest BCUT2D eigenvalue weighted by Gasteiger charge is -2.36. The summed E-state index contributed by atoms with van der Waals surface area (Å²) in [4.78, 5) is 7.49. The molecule has 0 radical (unpaired) electrons. The van der Waals surface area contributed by atoms with E-state index in [1.54, 1.807) is 0 Å². The van der Waals surface area contributed by atoms with Crippen LogP contribution in [0.3, 0.4) is 0 Å². The molecule has 0 amide bonds. The van der Waals surface area contributed by atoms with Gasteiger partial charge < -0.3 is 20.9 Å². The summed E-state index contributed by atoms with van der Waals surface area (Å²) in [6.45, 7) is 9.01. The number of pyridine rings is 1. The average Bonchev–Trinajstić information content (AvgIpc) is 3.20. The first-order valence-corrected chi connectivity index (χ1v) is 12.5. The third kappa shape index (κ3) is 3.61. The maximum atomic E-state index is 4.83. The van der Waals surface area contributed by atoms with Crippen molar-refractivity contribution in [1.29, 1.82) is 0 Å². The number of fused-ring (bicyclic) bond motifs is 1. The zero-order valence-electron chi connectivity index (χ0n) is 19.2. The summed E-state index contributed by atoms with van der Waals surface area (Å²) in [5.41, 5.74) is 8.32. The lowest BCUT2D eigenvalue weighted by atomic mass is 9.80. The highest BCUT2D eigenvalue weighted by Crippen LogP contribution is 2.44. The van der Waals surface area contributed by atoms with Crippen LogP contribution in [0.2, 0.25) is 0 Å². The maximum Gasteiger partial charge on any atom is 0.0736 e. The van der Waals surface area contributed by atoms with Crippen LogP contribution in [0.4, 0.5) is 5.69 Å². The van der Waals surface area contributed by atoms with Gasteiger partial charge in [-0.25, -0.2) is 0 Å². The van der Waals surface area contributed by atoms with Gasteiger partial charge in [0.25, 0.3) is 0 Å². The number of nitrogens with zero attached hydrogens (tertiary/aromatic N) is 2. The fourth-order valence-corrected chi connectivity index (χ4v) is 5.93. The van der Waals surface area contributed by atoms with Gasteiger partial charge in [0.1, 0.15) is 0 Å². The summed E-state index contributed by atoms with van der Waals surface area (Å²) in [5.74, 6) is 0.576. The van der Waals surface area contributed by atoms with E-state index in [1.807, 2.05) is 0 Å². The molecule has 1 aromatic carbocycles. The van der Waals surface area contributed by atoms with Gasteiger partial charge in [0.05, 0.1) is 6.04 Å². The van der Waals surface area contributed by atoms with Crippen molar-refractivity contribution in [3.63, 3.8) is 0 Å². The number of aromatic nitrogens is 1. The molecule has 5 heterocycles. The Bertz CT molecular complexity index is 1000. The molecule has 0 saturated carbocycles. The second-order valence-corrected chi connectivity index (χ2v) is 10.2.